The molecule has 4 aromatic rings. The van der Waals surface area contributed by atoms with E-state index in [1.807, 2.05) is 37.3 Å². The fourth-order valence-corrected chi connectivity index (χ4v) is 4.87. The Morgan fingerprint density at radius 3 is 2.40 bits per heavy atom. The van der Waals surface area contributed by atoms with Crippen LogP contribution in [0.3, 0.4) is 0 Å². The van der Waals surface area contributed by atoms with Gasteiger partial charge in [0.15, 0.2) is 5.69 Å². The number of halogens is 3. The van der Waals surface area contributed by atoms with Gasteiger partial charge in [0.1, 0.15) is 11.6 Å². The highest BCUT2D eigenvalue weighted by Gasteiger charge is 2.32. The minimum absolute atomic E-state index is 0.177. The molecule has 0 atom stereocenters. The molecule has 1 N–H and O–H groups in total. The third-order valence-electron chi connectivity index (χ3n) is 7.10. The van der Waals surface area contributed by atoms with Gasteiger partial charge in [-0.05, 0) is 53.9 Å². The zero-order valence-corrected chi connectivity index (χ0v) is 22.9. The number of amides is 1. The van der Waals surface area contributed by atoms with Gasteiger partial charge in [-0.3, -0.25) is 9.69 Å². The molecule has 5 rings (SSSR count). The summed E-state index contributed by atoms with van der Waals surface area (Å²) in [5, 5.41) is 2.90. The van der Waals surface area contributed by atoms with Gasteiger partial charge in [-0.2, -0.15) is 0 Å². The summed E-state index contributed by atoms with van der Waals surface area (Å²) in [6, 6.07) is 22.6. The predicted molar refractivity (Wildman–Crippen MR) is 156 cm³/mol. The smallest absolute Gasteiger partial charge is 0.405 e. The summed E-state index contributed by atoms with van der Waals surface area (Å²) in [5.74, 6) is 0.324. The van der Waals surface area contributed by atoms with Gasteiger partial charge >= 0.3 is 6.36 Å². The van der Waals surface area contributed by atoms with Crippen molar-refractivity contribution in [2.75, 3.05) is 36.4 Å². The molecule has 0 saturated carbocycles. The number of carbonyl (C=O) groups is 1. The van der Waals surface area contributed by atoms with Crippen LogP contribution in [0, 0.1) is 13.5 Å². The number of anilines is 2. The summed E-state index contributed by atoms with van der Waals surface area (Å²) in [4.78, 5) is 25.2. The van der Waals surface area contributed by atoms with Gasteiger partial charge in [-0.25, -0.2) is 9.83 Å². The van der Waals surface area contributed by atoms with E-state index in [-0.39, 0.29) is 11.7 Å². The van der Waals surface area contributed by atoms with Gasteiger partial charge in [0, 0.05) is 43.9 Å². The number of rotatable bonds is 7. The minimum atomic E-state index is -4.73. The molecule has 1 aromatic heterocycles. The SMILES string of the molecule is [C-]#[N+]c1ccc(-c2cc(C(=O)Nc3ccc(N4CCN(Cc5ccccc5OC(F)(F)F)CC4)nc3)ccc2C)cc1. The molecule has 1 aliphatic heterocycles. The van der Waals surface area contributed by atoms with Gasteiger partial charge in [0.2, 0.25) is 0 Å². The van der Waals surface area contributed by atoms with Crippen LogP contribution in [-0.4, -0.2) is 48.3 Å². The first-order chi connectivity index (χ1) is 20.2. The molecule has 0 spiro atoms. The highest BCUT2D eigenvalue weighted by molar-refractivity contribution is 6.05. The molecule has 42 heavy (non-hydrogen) atoms. The maximum Gasteiger partial charge on any atom is 0.573 e. The van der Waals surface area contributed by atoms with E-state index < -0.39 is 6.36 Å². The number of aryl methyl sites for hydroxylation is 1. The zero-order chi connectivity index (χ0) is 29.7. The lowest BCUT2D eigenvalue weighted by atomic mass is 9.97. The van der Waals surface area contributed by atoms with Crippen LogP contribution in [0.2, 0.25) is 0 Å². The van der Waals surface area contributed by atoms with Crippen molar-refractivity contribution in [3.8, 4) is 16.9 Å². The first-order valence-corrected chi connectivity index (χ1v) is 13.4. The first kappa shape index (κ1) is 28.6. The molecule has 3 aromatic carbocycles. The Balaban J connectivity index is 1.17. The van der Waals surface area contributed by atoms with Crippen molar-refractivity contribution >= 4 is 23.1 Å². The molecule has 0 bridgehead atoms. The lowest BCUT2D eigenvalue weighted by Gasteiger charge is -2.35. The second-order valence-corrected chi connectivity index (χ2v) is 9.97. The minimum Gasteiger partial charge on any atom is -0.405 e. The summed E-state index contributed by atoms with van der Waals surface area (Å²) in [6.45, 7) is 12.1. The maximum absolute atomic E-state index is 13.0. The number of alkyl halides is 3. The largest absolute Gasteiger partial charge is 0.573 e. The number of carbonyl (C=O) groups excluding carboxylic acids is 1. The van der Waals surface area contributed by atoms with E-state index in [9.17, 15) is 18.0 Å². The third-order valence-corrected chi connectivity index (χ3v) is 7.10. The number of pyridine rings is 1. The van der Waals surface area contributed by atoms with E-state index in [1.165, 1.54) is 12.1 Å². The Morgan fingerprint density at radius 2 is 1.74 bits per heavy atom. The topological polar surface area (TPSA) is 62.1 Å². The molecule has 0 unspecified atom stereocenters. The van der Waals surface area contributed by atoms with Crippen molar-refractivity contribution in [3.05, 3.63) is 113 Å². The maximum atomic E-state index is 13.0. The molecule has 2 heterocycles. The van der Waals surface area contributed by atoms with Crippen LogP contribution in [0.15, 0.2) is 85.1 Å². The highest BCUT2D eigenvalue weighted by atomic mass is 19.4. The van der Waals surface area contributed by atoms with Crippen molar-refractivity contribution in [1.82, 2.24) is 9.88 Å². The molecule has 1 amide bonds. The van der Waals surface area contributed by atoms with Gasteiger partial charge < -0.3 is 15.0 Å². The fourth-order valence-electron chi connectivity index (χ4n) is 4.87. The number of hydrogen-bond acceptors (Lipinski definition) is 5. The highest BCUT2D eigenvalue weighted by Crippen LogP contribution is 2.29. The molecule has 10 heteroatoms. The second-order valence-electron chi connectivity index (χ2n) is 9.97. The van der Waals surface area contributed by atoms with Crippen LogP contribution in [-0.2, 0) is 6.54 Å². The molecule has 1 saturated heterocycles. The number of benzene rings is 3. The normalized spacial score (nSPS) is 13.8. The number of nitrogens with zero attached hydrogens (tertiary/aromatic N) is 4. The van der Waals surface area contributed by atoms with E-state index in [0.717, 1.165) is 22.5 Å². The van der Waals surface area contributed by atoms with Crippen LogP contribution in [0.25, 0.3) is 16.0 Å². The van der Waals surface area contributed by atoms with E-state index in [0.29, 0.717) is 55.2 Å². The summed E-state index contributed by atoms with van der Waals surface area (Å²) < 4.78 is 42.5. The predicted octanol–water partition coefficient (Wildman–Crippen LogP) is 7.08. The van der Waals surface area contributed by atoms with Crippen LogP contribution in [0.5, 0.6) is 5.75 Å². The molecular formula is C32H28F3N5O2. The van der Waals surface area contributed by atoms with Crippen LogP contribution in [0.1, 0.15) is 21.5 Å². The number of nitrogens with one attached hydrogen (secondary N) is 1. The number of hydrogen-bond donors (Lipinski definition) is 1. The Hall–Kier alpha value is -4.88. The average molecular weight is 572 g/mol. The van der Waals surface area contributed by atoms with Gasteiger partial charge in [-0.15, -0.1) is 13.2 Å². The second kappa shape index (κ2) is 12.3. The Kier molecular flexibility index (Phi) is 8.41. The van der Waals surface area contributed by atoms with Crippen LogP contribution < -0.4 is 15.0 Å². The average Bonchev–Trinajstić information content (AvgIpc) is 2.98. The summed E-state index contributed by atoms with van der Waals surface area (Å²) >= 11 is 0. The first-order valence-electron chi connectivity index (χ1n) is 13.4. The lowest BCUT2D eigenvalue weighted by molar-refractivity contribution is -0.275. The van der Waals surface area contributed by atoms with E-state index >= 15 is 0 Å². The molecule has 1 fully saturated rings. The zero-order valence-electron chi connectivity index (χ0n) is 22.9. The summed E-state index contributed by atoms with van der Waals surface area (Å²) in [5.41, 5.74) is 4.98. The van der Waals surface area contributed by atoms with E-state index in [4.69, 9.17) is 6.57 Å². The summed E-state index contributed by atoms with van der Waals surface area (Å²) in [6.07, 6.45) is -3.12. The van der Waals surface area contributed by atoms with Crippen molar-refractivity contribution in [1.29, 1.82) is 0 Å². The quantitative estimate of drug-likeness (QED) is 0.240. The van der Waals surface area contributed by atoms with Gasteiger partial charge in [0.25, 0.3) is 5.91 Å². The monoisotopic (exact) mass is 571 g/mol. The number of ether oxygens (including phenoxy) is 1. The van der Waals surface area contributed by atoms with Crippen molar-refractivity contribution in [3.63, 3.8) is 0 Å². The Labute approximate surface area is 242 Å². The Bertz CT molecular complexity index is 1590. The fraction of sp³-hybridized carbons (Fsp3) is 0.219. The van der Waals surface area contributed by atoms with E-state index in [2.05, 4.69) is 29.7 Å². The van der Waals surface area contributed by atoms with Crippen LogP contribution in [0.4, 0.5) is 30.4 Å². The van der Waals surface area contributed by atoms with Crippen molar-refractivity contribution in [2.24, 2.45) is 0 Å². The summed E-state index contributed by atoms with van der Waals surface area (Å²) in [7, 11) is 0. The standard InChI is InChI=1S/C32H28F3N5O2/c1-22-7-8-24(19-28(22)23-9-11-26(36-2)12-10-23)31(41)38-27-13-14-30(37-20-27)40-17-15-39(16-18-40)21-25-5-3-4-6-29(25)42-32(33,34)35/h3-14,19-20H,15-18,21H2,1H3,(H,38,41). The molecule has 214 valence electrons. The molecular weight excluding hydrogens is 543 g/mol. The van der Waals surface area contributed by atoms with Crippen LogP contribution >= 0.6 is 0 Å². The third kappa shape index (κ3) is 7.06. The number of para-hydroxylation sites is 1. The van der Waals surface area contributed by atoms with E-state index in [1.54, 1.807) is 42.6 Å². The molecule has 7 nitrogen and oxygen atoms in total. The van der Waals surface area contributed by atoms with Gasteiger partial charge in [-0.1, -0.05) is 48.5 Å². The van der Waals surface area contributed by atoms with Crippen molar-refractivity contribution in [2.45, 2.75) is 19.8 Å². The number of piperazine rings is 1. The molecule has 0 aliphatic carbocycles. The number of aromatic nitrogens is 1. The molecule has 0 radical (unpaired) electrons. The van der Waals surface area contributed by atoms with Crippen molar-refractivity contribution < 1.29 is 22.7 Å². The lowest BCUT2D eigenvalue weighted by Crippen LogP contribution is -2.46. The Morgan fingerprint density at radius 1 is 1.00 bits per heavy atom. The van der Waals surface area contributed by atoms with Gasteiger partial charge in [0.05, 0.1) is 18.5 Å². The molecule has 1 aliphatic rings.